The standard InChI is InChI=1S/C28H32F3N5O2/c1-4-37-25-11-7-23(8-12-25)34-27-16-21(13-14-32-27)18-36-19(2)15-24(35-36)17-33-20(3)22-5-9-26(10-6-22)38-28(29,30)31/h5-6,9-10,13-17,23,25H,3-4,7-8,11-12,18H2,1-2H3,(H,32,34). The highest BCUT2D eigenvalue weighted by Crippen LogP contribution is 2.25. The molecule has 0 amide bonds. The fraction of sp³-hybridized carbons (Fsp3) is 0.393. The van der Waals surface area contributed by atoms with Crippen molar-refractivity contribution in [2.45, 2.75) is 64.6 Å². The van der Waals surface area contributed by atoms with E-state index in [-0.39, 0.29) is 5.75 Å². The molecule has 0 aliphatic heterocycles. The second kappa shape index (κ2) is 12.3. The number of aliphatic imine (C=N–C) groups is 1. The summed E-state index contributed by atoms with van der Waals surface area (Å²) < 4.78 is 48.6. The number of alkyl halides is 3. The molecule has 2 heterocycles. The van der Waals surface area contributed by atoms with E-state index >= 15 is 0 Å². The SMILES string of the molecule is C=C(N=Cc1cc(C)n(Cc2ccnc(NC3CCC(OCC)CC3)c2)n1)c1ccc(OC(F)(F)F)cc1. The van der Waals surface area contributed by atoms with E-state index in [4.69, 9.17) is 4.74 Å². The number of hydrogen-bond acceptors (Lipinski definition) is 6. The fourth-order valence-electron chi connectivity index (χ4n) is 4.47. The Morgan fingerprint density at radius 2 is 1.89 bits per heavy atom. The molecule has 38 heavy (non-hydrogen) atoms. The van der Waals surface area contributed by atoms with Crippen molar-refractivity contribution in [2.24, 2.45) is 4.99 Å². The molecule has 1 fully saturated rings. The average Bonchev–Trinajstić information content (AvgIpc) is 3.22. The van der Waals surface area contributed by atoms with Gasteiger partial charge in [-0.05, 0) is 93.1 Å². The van der Waals surface area contributed by atoms with E-state index in [1.165, 1.54) is 24.3 Å². The van der Waals surface area contributed by atoms with E-state index in [2.05, 4.69) is 37.8 Å². The van der Waals surface area contributed by atoms with Crippen molar-refractivity contribution in [3.05, 3.63) is 77.8 Å². The Morgan fingerprint density at radius 1 is 1.16 bits per heavy atom. The molecule has 1 saturated carbocycles. The summed E-state index contributed by atoms with van der Waals surface area (Å²) in [5, 5.41) is 8.18. The number of halogens is 3. The maximum absolute atomic E-state index is 12.3. The van der Waals surface area contributed by atoms with Crippen LogP contribution in [0.5, 0.6) is 5.75 Å². The Hall–Kier alpha value is -3.66. The summed E-state index contributed by atoms with van der Waals surface area (Å²) in [6, 6.07) is 11.7. The van der Waals surface area contributed by atoms with Gasteiger partial charge in [0.2, 0.25) is 0 Å². The Kier molecular flexibility index (Phi) is 8.83. The molecule has 0 unspecified atom stereocenters. The molecule has 0 bridgehead atoms. The first kappa shape index (κ1) is 27.4. The van der Waals surface area contributed by atoms with Crippen molar-refractivity contribution in [2.75, 3.05) is 11.9 Å². The molecule has 1 aliphatic carbocycles. The Bertz CT molecular complexity index is 1250. The van der Waals surface area contributed by atoms with Gasteiger partial charge in [0.05, 0.1) is 24.6 Å². The van der Waals surface area contributed by atoms with Gasteiger partial charge in [-0.25, -0.2) is 4.98 Å². The third-order valence-electron chi connectivity index (χ3n) is 6.36. The van der Waals surface area contributed by atoms with Crippen molar-refractivity contribution in [3.63, 3.8) is 0 Å². The summed E-state index contributed by atoms with van der Waals surface area (Å²) in [7, 11) is 0. The summed E-state index contributed by atoms with van der Waals surface area (Å²) in [4.78, 5) is 8.83. The summed E-state index contributed by atoms with van der Waals surface area (Å²) in [5.41, 5.74) is 3.67. The average molecular weight is 528 g/mol. The van der Waals surface area contributed by atoms with Crippen molar-refractivity contribution >= 4 is 17.7 Å². The normalized spacial score (nSPS) is 18.0. The summed E-state index contributed by atoms with van der Waals surface area (Å²) in [5.74, 6) is 0.563. The highest BCUT2D eigenvalue weighted by atomic mass is 19.4. The van der Waals surface area contributed by atoms with Crippen molar-refractivity contribution in [1.29, 1.82) is 0 Å². The summed E-state index contributed by atoms with van der Waals surface area (Å²) in [6.45, 7) is 9.24. The topological polar surface area (TPSA) is 73.6 Å². The Labute approximate surface area is 220 Å². The van der Waals surface area contributed by atoms with Crippen LogP contribution in [-0.2, 0) is 11.3 Å². The minimum absolute atomic E-state index is 0.296. The first-order chi connectivity index (χ1) is 18.2. The van der Waals surface area contributed by atoms with Gasteiger partial charge in [-0.2, -0.15) is 5.10 Å². The highest BCUT2D eigenvalue weighted by molar-refractivity contribution is 5.83. The fourth-order valence-corrected chi connectivity index (χ4v) is 4.47. The molecule has 0 spiro atoms. The number of benzene rings is 1. The number of anilines is 1. The van der Waals surface area contributed by atoms with Crippen molar-refractivity contribution < 1.29 is 22.6 Å². The van der Waals surface area contributed by atoms with Crippen molar-refractivity contribution in [1.82, 2.24) is 14.8 Å². The zero-order chi connectivity index (χ0) is 27.1. The Morgan fingerprint density at radius 3 is 2.58 bits per heavy atom. The van der Waals surface area contributed by atoms with Crippen LogP contribution in [-0.4, -0.2) is 46.1 Å². The molecular formula is C28H32F3N5O2. The smallest absolute Gasteiger partial charge is 0.406 e. The highest BCUT2D eigenvalue weighted by Gasteiger charge is 2.31. The number of aryl methyl sites for hydroxylation is 1. The predicted molar refractivity (Wildman–Crippen MR) is 141 cm³/mol. The number of rotatable bonds is 10. The zero-order valence-electron chi connectivity index (χ0n) is 21.5. The maximum Gasteiger partial charge on any atom is 0.573 e. The molecule has 1 N–H and O–H groups in total. The first-order valence-corrected chi connectivity index (χ1v) is 12.6. The van der Waals surface area contributed by atoms with Gasteiger partial charge in [-0.15, -0.1) is 13.2 Å². The molecule has 2 aromatic heterocycles. The number of aromatic nitrogens is 3. The van der Waals surface area contributed by atoms with Crippen LogP contribution in [0.15, 0.2) is 60.2 Å². The lowest BCUT2D eigenvalue weighted by atomic mass is 9.93. The van der Waals surface area contributed by atoms with Crippen molar-refractivity contribution in [3.8, 4) is 5.75 Å². The van der Waals surface area contributed by atoms with Gasteiger partial charge in [0.15, 0.2) is 0 Å². The predicted octanol–water partition coefficient (Wildman–Crippen LogP) is 6.38. The van der Waals surface area contributed by atoms with Gasteiger partial charge in [-0.1, -0.05) is 6.58 Å². The number of ether oxygens (including phenoxy) is 2. The summed E-state index contributed by atoms with van der Waals surface area (Å²) in [6.07, 6.45) is 3.28. The maximum atomic E-state index is 12.3. The third-order valence-corrected chi connectivity index (χ3v) is 6.36. The minimum atomic E-state index is -4.73. The van der Waals surface area contributed by atoms with Crippen LogP contribution in [0.25, 0.3) is 5.70 Å². The van der Waals surface area contributed by atoms with Crippen LogP contribution in [0.1, 0.15) is 55.1 Å². The molecule has 0 radical (unpaired) electrons. The largest absolute Gasteiger partial charge is 0.573 e. The second-order valence-electron chi connectivity index (χ2n) is 9.27. The molecule has 1 aliphatic rings. The van der Waals surface area contributed by atoms with Gasteiger partial charge >= 0.3 is 6.36 Å². The van der Waals surface area contributed by atoms with Gasteiger partial charge in [-0.3, -0.25) is 9.67 Å². The monoisotopic (exact) mass is 527 g/mol. The van der Waals surface area contributed by atoms with E-state index in [1.54, 1.807) is 12.4 Å². The lowest BCUT2D eigenvalue weighted by Gasteiger charge is -2.29. The van der Waals surface area contributed by atoms with Gasteiger partial charge < -0.3 is 14.8 Å². The van der Waals surface area contributed by atoms with Crippen LogP contribution >= 0.6 is 0 Å². The lowest BCUT2D eigenvalue weighted by molar-refractivity contribution is -0.274. The van der Waals surface area contributed by atoms with E-state index in [0.717, 1.165) is 49.4 Å². The van der Waals surface area contributed by atoms with Crippen LogP contribution < -0.4 is 10.1 Å². The van der Waals surface area contributed by atoms with Crippen LogP contribution in [0.3, 0.4) is 0 Å². The number of nitrogens with one attached hydrogen (secondary N) is 1. The molecule has 4 rings (SSSR count). The molecule has 10 heteroatoms. The van der Waals surface area contributed by atoms with Crippen LogP contribution in [0, 0.1) is 6.92 Å². The quantitative estimate of drug-likeness (QED) is 0.310. The lowest BCUT2D eigenvalue weighted by Crippen LogP contribution is -2.30. The van der Waals surface area contributed by atoms with E-state index in [0.29, 0.717) is 35.6 Å². The molecule has 7 nitrogen and oxygen atoms in total. The van der Waals surface area contributed by atoms with E-state index in [1.807, 2.05) is 30.7 Å². The van der Waals surface area contributed by atoms with Crippen LogP contribution in [0.2, 0.25) is 0 Å². The molecule has 0 saturated heterocycles. The van der Waals surface area contributed by atoms with Gasteiger partial charge in [0.25, 0.3) is 0 Å². The minimum Gasteiger partial charge on any atom is -0.406 e. The first-order valence-electron chi connectivity index (χ1n) is 12.6. The number of pyridine rings is 1. The van der Waals surface area contributed by atoms with Crippen LogP contribution in [0.4, 0.5) is 19.0 Å². The van der Waals surface area contributed by atoms with E-state index < -0.39 is 6.36 Å². The number of hydrogen-bond donors (Lipinski definition) is 1. The molecule has 202 valence electrons. The number of nitrogens with zero attached hydrogens (tertiary/aromatic N) is 4. The Balaban J connectivity index is 1.34. The molecule has 0 atom stereocenters. The molecule has 1 aromatic carbocycles. The van der Waals surface area contributed by atoms with Gasteiger partial charge in [0.1, 0.15) is 17.3 Å². The summed E-state index contributed by atoms with van der Waals surface area (Å²) >= 11 is 0. The molecule has 3 aromatic rings. The molecular weight excluding hydrogens is 495 g/mol. The second-order valence-corrected chi connectivity index (χ2v) is 9.27. The third kappa shape index (κ3) is 7.92. The van der Waals surface area contributed by atoms with Gasteiger partial charge in [0, 0.05) is 24.5 Å². The zero-order valence-corrected chi connectivity index (χ0v) is 21.5. The van der Waals surface area contributed by atoms with E-state index in [9.17, 15) is 13.2 Å².